The molecule has 7 nitrogen and oxygen atoms in total. The third-order valence-electron chi connectivity index (χ3n) is 5.80. The maximum atomic E-state index is 6.01. The topological polar surface area (TPSA) is 93.0 Å². The Labute approximate surface area is 154 Å². The summed E-state index contributed by atoms with van der Waals surface area (Å²) in [6, 6.07) is 4.55. The zero-order chi connectivity index (χ0) is 17.9. The van der Waals surface area contributed by atoms with Crippen LogP contribution in [0.5, 0.6) is 11.8 Å². The van der Waals surface area contributed by atoms with E-state index in [4.69, 9.17) is 10.5 Å². The highest BCUT2D eigenvalue weighted by molar-refractivity contribution is 5.34. The molecule has 2 aliphatic rings. The quantitative estimate of drug-likeness (QED) is 0.853. The van der Waals surface area contributed by atoms with E-state index in [-0.39, 0.29) is 0 Å². The van der Waals surface area contributed by atoms with Gasteiger partial charge in [-0.05, 0) is 38.5 Å². The Balaban J connectivity index is 1.42. The fourth-order valence-electron chi connectivity index (χ4n) is 4.13. The third-order valence-corrected chi connectivity index (χ3v) is 5.80. The molecule has 0 aliphatic heterocycles. The molecule has 0 amide bonds. The number of aromatic amines is 1. The minimum absolute atomic E-state index is 0.337. The summed E-state index contributed by atoms with van der Waals surface area (Å²) < 4.78 is 5.87. The molecular weight excluding hydrogens is 328 g/mol. The number of ether oxygens (including phenoxy) is 1. The number of nitrogens with zero attached hydrogens (tertiary/aromatic N) is 4. The van der Waals surface area contributed by atoms with Crippen LogP contribution in [0.2, 0.25) is 0 Å². The van der Waals surface area contributed by atoms with Crippen LogP contribution in [0.1, 0.15) is 63.0 Å². The van der Waals surface area contributed by atoms with E-state index in [9.17, 15) is 0 Å². The summed E-state index contributed by atoms with van der Waals surface area (Å²) in [6.07, 6.45) is 11.1. The number of hydrogen-bond acceptors (Lipinski definition) is 6. The van der Waals surface area contributed by atoms with E-state index < -0.39 is 0 Å². The van der Waals surface area contributed by atoms with Crippen molar-refractivity contribution >= 4 is 5.95 Å². The SMILES string of the molecule is CN(c1nccc(Oc2cc(C3CCCC3)[nH]n2)n1)C1CCC(N)CC1. The molecule has 0 radical (unpaired) electrons. The van der Waals surface area contributed by atoms with E-state index in [0.29, 0.717) is 35.7 Å². The second-order valence-corrected chi connectivity index (χ2v) is 7.62. The molecule has 0 saturated heterocycles. The minimum atomic E-state index is 0.337. The number of H-pyrrole nitrogens is 1. The molecule has 0 aromatic carbocycles. The monoisotopic (exact) mass is 356 g/mol. The molecule has 0 atom stereocenters. The average molecular weight is 356 g/mol. The van der Waals surface area contributed by atoms with Crippen LogP contribution < -0.4 is 15.4 Å². The van der Waals surface area contributed by atoms with Crippen molar-refractivity contribution < 1.29 is 4.74 Å². The minimum Gasteiger partial charge on any atom is -0.419 e. The van der Waals surface area contributed by atoms with E-state index in [1.807, 2.05) is 13.1 Å². The Hall–Kier alpha value is -2.15. The highest BCUT2D eigenvalue weighted by atomic mass is 16.5. The highest BCUT2D eigenvalue weighted by Crippen LogP contribution is 2.34. The lowest BCUT2D eigenvalue weighted by Crippen LogP contribution is -2.39. The normalized spacial score (nSPS) is 23.9. The molecule has 2 fully saturated rings. The summed E-state index contributed by atoms with van der Waals surface area (Å²) in [5, 5.41) is 7.41. The van der Waals surface area contributed by atoms with Gasteiger partial charge in [-0.15, -0.1) is 5.10 Å². The molecule has 140 valence electrons. The van der Waals surface area contributed by atoms with Crippen molar-refractivity contribution in [1.82, 2.24) is 20.2 Å². The van der Waals surface area contributed by atoms with Crippen molar-refractivity contribution in [2.75, 3.05) is 11.9 Å². The summed E-state index contributed by atoms with van der Waals surface area (Å²) in [5.41, 5.74) is 7.18. The van der Waals surface area contributed by atoms with Crippen LogP contribution in [-0.4, -0.2) is 39.3 Å². The van der Waals surface area contributed by atoms with Crippen LogP contribution in [0.3, 0.4) is 0 Å². The molecule has 2 aliphatic carbocycles. The third kappa shape index (κ3) is 3.82. The van der Waals surface area contributed by atoms with Crippen molar-refractivity contribution in [1.29, 1.82) is 0 Å². The van der Waals surface area contributed by atoms with Gasteiger partial charge >= 0.3 is 0 Å². The Bertz CT molecular complexity index is 718. The summed E-state index contributed by atoms with van der Waals surface area (Å²) in [7, 11) is 2.05. The summed E-state index contributed by atoms with van der Waals surface area (Å²) in [5.74, 6) is 2.38. The fourth-order valence-corrected chi connectivity index (χ4v) is 4.13. The Morgan fingerprint density at radius 2 is 1.88 bits per heavy atom. The van der Waals surface area contributed by atoms with Gasteiger partial charge in [-0.2, -0.15) is 4.98 Å². The maximum absolute atomic E-state index is 6.01. The van der Waals surface area contributed by atoms with Gasteiger partial charge in [-0.3, -0.25) is 5.10 Å². The van der Waals surface area contributed by atoms with Crippen molar-refractivity contribution in [3.05, 3.63) is 24.0 Å². The second kappa shape index (κ2) is 7.61. The average Bonchev–Trinajstić information content (AvgIpc) is 3.34. The fraction of sp³-hybridized carbons (Fsp3) is 0.632. The summed E-state index contributed by atoms with van der Waals surface area (Å²) in [4.78, 5) is 11.1. The summed E-state index contributed by atoms with van der Waals surface area (Å²) in [6.45, 7) is 0. The van der Waals surface area contributed by atoms with E-state index in [1.54, 1.807) is 12.3 Å². The first-order valence-corrected chi connectivity index (χ1v) is 9.73. The largest absolute Gasteiger partial charge is 0.419 e. The smallest absolute Gasteiger partial charge is 0.240 e. The van der Waals surface area contributed by atoms with E-state index in [0.717, 1.165) is 25.7 Å². The van der Waals surface area contributed by atoms with Crippen LogP contribution in [0.15, 0.2) is 18.3 Å². The molecular formula is C19H28N6O. The molecule has 4 rings (SSSR count). The van der Waals surface area contributed by atoms with Gasteiger partial charge in [0.15, 0.2) is 0 Å². The standard InChI is InChI=1S/C19H28N6O/c1-25(15-8-6-14(20)7-9-15)19-21-11-10-17(22-19)26-18-12-16(23-24-18)13-4-2-3-5-13/h10-15H,2-9,20H2,1H3,(H,23,24). The lowest BCUT2D eigenvalue weighted by atomic mass is 9.91. The molecule has 2 heterocycles. The van der Waals surface area contributed by atoms with E-state index in [2.05, 4.69) is 25.1 Å². The van der Waals surface area contributed by atoms with E-state index >= 15 is 0 Å². The Kier molecular flexibility index (Phi) is 5.06. The molecule has 2 aromatic rings. The van der Waals surface area contributed by atoms with Crippen LogP contribution in [0, 0.1) is 0 Å². The van der Waals surface area contributed by atoms with Gasteiger partial charge in [-0.1, -0.05) is 12.8 Å². The Morgan fingerprint density at radius 1 is 1.12 bits per heavy atom. The first-order valence-electron chi connectivity index (χ1n) is 9.73. The number of rotatable bonds is 5. The Morgan fingerprint density at radius 3 is 2.65 bits per heavy atom. The molecule has 7 heteroatoms. The van der Waals surface area contributed by atoms with Gasteiger partial charge in [0.25, 0.3) is 0 Å². The van der Waals surface area contributed by atoms with Gasteiger partial charge in [0, 0.05) is 49.1 Å². The second-order valence-electron chi connectivity index (χ2n) is 7.62. The van der Waals surface area contributed by atoms with Crippen LogP contribution in [-0.2, 0) is 0 Å². The number of anilines is 1. The van der Waals surface area contributed by atoms with Crippen molar-refractivity contribution in [3.8, 4) is 11.8 Å². The van der Waals surface area contributed by atoms with E-state index in [1.165, 1.54) is 31.4 Å². The first kappa shape index (κ1) is 17.3. The van der Waals surface area contributed by atoms with Crippen molar-refractivity contribution in [2.45, 2.75) is 69.4 Å². The van der Waals surface area contributed by atoms with Crippen LogP contribution in [0.4, 0.5) is 5.95 Å². The predicted molar refractivity (Wildman–Crippen MR) is 101 cm³/mol. The number of nitrogens with two attached hydrogens (primary N) is 1. The van der Waals surface area contributed by atoms with Gasteiger partial charge in [0.2, 0.25) is 17.7 Å². The van der Waals surface area contributed by atoms with Crippen molar-refractivity contribution in [2.24, 2.45) is 5.73 Å². The van der Waals surface area contributed by atoms with Gasteiger partial charge in [0.1, 0.15) is 0 Å². The maximum Gasteiger partial charge on any atom is 0.240 e. The molecule has 3 N–H and O–H groups in total. The highest BCUT2D eigenvalue weighted by Gasteiger charge is 2.24. The first-order chi connectivity index (χ1) is 12.7. The number of hydrogen-bond donors (Lipinski definition) is 2. The molecule has 2 aromatic heterocycles. The van der Waals surface area contributed by atoms with Gasteiger partial charge < -0.3 is 15.4 Å². The molecule has 0 spiro atoms. The van der Waals surface area contributed by atoms with Crippen LogP contribution >= 0.6 is 0 Å². The lowest BCUT2D eigenvalue weighted by Gasteiger charge is -2.33. The zero-order valence-corrected chi connectivity index (χ0v) is 15.4. The molecule has 0 bridgehead atoms. The molecule has 0 unspecified atom stereocenters. The van der Waals surface area contributed by atoms with Gasteiger partial charge in [-0.25, -0.2) is 4.98 Å². The number of aromatic nitrogens is 4. The van der Waals surface area contributed by atoms with Crippen molar-refractivity contribution in [3.63, 3.8) is 0 Å². The predicted octanol–water partition coefficient (Wildman–Crippen LogP) is 3.36. The molecule has 2 saturated carbocycles. The van der Waals surface area contributed by atoms with Gasteiger partial charge in [0.05, 0.1) is 0 Å². The molecule has 26 heavy (non-hydrogen) atoms. The zero-order valence-electron chi connectivity index (χ0n) is 15.4. The van der Waals surface area contributed by atoms with Crippen LogP contribution in [0.25, 0.3) is 0 Å². The number of nitrogens with one attached hydrogen (secondary N) is 1. The lowest BCUT2D eigenvalue weighted by molar-refractivity contribution is 0.380. The summed E-state index contributed by atoms with van der Waals surface area (Å²) >= 11 is 0.